The molecule has 0 spiro atoms. The Hall–Kier alpha value is -2.85. The quantitative estimate of drug-likeness (QED) is 0.896. The van der Waals surface area contributed by atoms with Crippen LogP contribution in [0.3, 0.4) is 0 Å². The summed E-state index contributed by atoms with van der Waals surface area (Å²) in [6.45, 7) is 5.73. The largest absolute Gasteiger partial charge is 0.479 e. The average Bonchev–Trinajstić information content (AvgIpc) is 2.88. The first kappa shape index (κ1) is 18.0. The summed E-state index contributed by atoms with van der Waals surface area (Å²) in [5.41, 5.74) is 2.06. The van der Waals surface area contributed by atoms with Gasteiger partial charge in [0.25, 0.3) is 5.91 Å². The van der Waals surface area contributed by atoms with Gasteiger partial charge in [-0.2, -0.15) is 5.26 Å². The van der Waals surface area contributed by atoms with Gasteiger partial charge in [0.1, 0.15) is 16.8 Å². The maximum absolute atomic E-state index is 12.4. The standard InChI is InChI=1S/C19H19N3O3S/c1-11-13(3)26-18(14(11)10-20)21-17(23)8-9-22-15-6-4-5-7-16(15)25-12(2)19(22)24/h4-7,12H,8-9H2,1-3H3,(H,21,23). The fourth-order valence-electron chi connectivity index (χ4n) is 2.84. The van der Waals surface area contributed by atoms with Crippen molar-refractivity contribution in [3.05, 3.63) is 40.3 Å². The monoisotopic (exact) mass is 369 g/mol. The molecule has 1 atom stereocenters. The van der Waals surface area contributed by atoms with Crippen molar-refractivity contribution < 1.29 is 14.3 Å². The molecular weight excluding hydrogens is 350 g/mol. The first-order valence-corrected chi connectivity index (χ1v) is 9.11. The van der Waals surface area contributed by atoms with Gasteiger partial charge in [-0.1, -0.05) is 12.1 Å². The van der Waals surface area contributed by atoms with Crippen molar-refractivity contribution in [3.63, 3.8) is 0 Å². The number of carbonyl (C=O) groups excluding carboxylic acids is 2. The van der Waals surface area contributed by atoms with Crippen LogP contribution in [0.4, 0.5) is 10.7 Å². The van der Waals surface area contributed by atoms with E-state index in [1.165, 1.54) is 11.3 Å². The maximum atomic E-state index is 12.4. The first-order chi connectivity index (χ1) is 12.4. The summed E-state index contributed by atoms with van der Waals surface area (Å²) in [4.78, 5) is 27.4. The lowest BCUT2D eigenvalue weighted by atomic mass is 10.1. The molecule has 7 heteroatoms. The Bertz CT molecular complexity index is 913. The Morgan fingerprint density at radius 1 is 1.38 bits per heavy atom. The van der Waals surface area contributed by atoms with Crippen LogP contribution in [0.5, 0.6) is 5.75 Å². The van der Waals surface area contributed by atoms with Crippen molar-refractivity contribution in [2.75, 3.05) is 16.8 Å². The Morgan fingerprint density at radius 3 is 2.85 bits per heavy atom. The molecule has 1 aromatic carbocycles. The summed E-state index contributed by atoms with van der Waals surface area (Å²) in [7, 11) is 0. The molecule has 0 radical (unpaired) electrons. The van der Waals surface area contributed by atoms with Crippen LogP contribution in [-0.4, -0.2) is 24.5 Å². The van der Waals surface area contributed by atoms with Crippen molar-refractivity contribution in [3.8, 4) is 11.8 Å². The van der Waals surface area contributed by atoms with E-state index in [1.54, 1.807) is 17.9 Å². The van der Waals surface area contributed by atoms with E-state index in [0.29, 0.717) is 22.0 Å². The van der Waals surface area contributed by atoms with E-state index in [0.717, 1.165) is 10.4 Å². The molecule has 134 valence electrons. The number of aryl methyl sites for hydroxylation is 1. The Balaban J connectivity index is 1.71. The number of thiophene rings is 1. The molecule has 3 rings (SSSR count). The third-order valence-corrected chi connectivity index (χ3v) is 5.51. The number of hydrogen-bond donors (Lipinski definition) is 1. The molecule has 2 amide bonds. The van der Waals surface area contributed by atoms with Gasteiger partial charge >= 0.3 is 0 Å². The van der Waals surface area contributed by atoms with Gasteiger partial charge in [0.2, 0.25) is 5.91 Å². The fraction of sp³-hybridized carbons (Fsp3) is 0.316. The van der Waals surface area contributed by atoms with E-state index in [-0.39, 0.29) is 24.8 Å². The zero-order valence-corrected chi connectivity index (χ0v) is 15.6. The van der Waals surface area contributed by atoms with Gasteiger partial charge in [-0.3, -0.25) is 9.59 Å². The van der Waals surface area contributed by atoms with Crippen molar-refractivity contribution in [2.24, 2.45) is 0 Å². The highest BCUT2D eigenvalue weighted by Crippen LogP contribution is 2.34. The molecule has 0 bridgehead atoms. The molecule has 0 fully saturated rings. The van der Waals surface area contributed by atoms with E-state index in [1.807, 2.05) is 32.0 Å². The van der Waals surface area contributed by atoms with Gasteiger partial charge in [0.15, 0.2) is 6.10 Å². The van der Waals surface area contributed by atoms with Crippen LogP contribution < -0.4 is 15.0 Å². The zero-order chi connectivity index (χ0) is 18.8. The van der Waals surface area contributed by atoms with E-state index in [9.17, 15) is 14.9 Å². The Morgan fingerprint density at radius 2 is 2.12 bits per heavy atom. The fourth-order valence-corrected chi connectivity index (χ4v) is 3.87. The molecule has 1 aliphatic heterocycles. The van der Waals surface area contributed by atoms with E-state index < -0.39 is 6.10 Å². The lowest BCUT2D eigenvalue weighted by Crippen LogP contribution is -2.45. The summed E-state index contributed by atoms with van der Waals surface area (Å²) in [5, 5.41) is 12.6. The number of benzene rings is 1. The van der Waals surface area contributed by atoms with Gasteiger partial charge in [-0.05, 0) is 38.5 Å². The van der Waals surface area contributed by atoms with E-state index >= 15 is 0 Å². The van der Waals surface area contributed by atoms with Crippen LogP contribution in [0.2, 0.25) is 0 Å². The SMILES string of the molecule is Cc1sc(NC(=O)CCN2C(=O)C(C)Oc3ccccc32)c(C#N)c1C. The van der Waals surface area contributed by atoms with Crippen LogP contribution >= 0.6 is 11.3 Å². The molecule has 1 unspecified atom stereocenters. The number of hydrogen-bond acceptors (Lipinski definition) is 5. The average molecular weight is 369 g/mol. The number of nitrogens with zero attached hydrogens (tertiary/aromatic N) is 2. The highest BCUT2D eigenvalue weighted by molar-refractivity contribution is 7.16. The predicted molar refractivity (Wildman–Crippen MR) is 101 cm³/mol. The highest BCUT2D eigenvalue weighted by atomic mass is 32.1. The molecule has 0 aliphatic carbocycles. The summed E-state index contributed by atoms with van der Waals surface area (Å²) < 4.78 is 5.60. The van der Waals surface area contributed by atoms with Gasteiger partial charge < -0.3 is 15.0 Å². The van der Waals surface area contributed by atoms with E-state index in [4.69, 9.17) is 4.74 Å². The molecule has 6 nitrogen and oxygen atoms in total. The molecule has 2 aromatic rings. The maximum Gasteiger partial charge on any atom is 0.267 e. The minimum absolute atomic E-state index is 0.133. The van der Waals surface area contributed by atoms with Crippen molar-refractivity contribution in [1.29, 1.82) is 5.26 Å². The molecule has 0 saturated heterocycles. The summed E-state index contributed by atoms with van der Waals surface area (Å²) in [5.74, 6) is 0.237. The first-order valence-electron chi connectivity index (χ1n) is 8.29. The molecule has 0 saturated carbocycles. The summed E-state index contributed by atoms with van der Waals surface area (Å²) in [6.07, 6.45) is -0.450. The summed E-state index contributed by atoms with van der Waals surface area (Å²) in [6, 6.07) is 9.42. The van der Waals surface area contributed by atoms with Crippen LogP contribution in [-0.2, 0) is 9.59 Å². The number of nitriles is 1. The molecule has 26 heavy (non-hydrogen) atoms. The number of anilines is 2. The molecular formula is C19H19N3O3S. The predicted octanol–water partition coefficient (Wildman–Crippen LogP) is 3.38. The molecule has 1 aromatic heterocycles. The molecule has 1 N–H and O–H groups in total. The second kappa shape index (κ2) is 7.18. The number of ether oxygens (including phenoxy) is 1. The van der Waals surface area contributed by atoms with Gasteiger partial charge in [0.05, 0.1) is 11.3 Å². The highest BCUT2D eigenvalue weighted by Gasteiger charge is 2.31. The van der Waals surface area contributed by atoms with Crippen LogP contribution in [0.1, 0.15) is 29.3 Å². The van der Waals surface area contributed by atoms with Gasteiger partial charge in [0, 0.05) is 17.8 Å². The van der Waals surface area contributed by atoms with Crippen LogP contribution in [0, 0.1) is 25.2 Å². The minimum atomic E-state index is -0.583. The number of nitrogens with one attached hydrogen (secondary N) is 1. The second-order valence-corrected chi connectivity index (χ2v) is 7.34. The second-order valence-electron chi connectivity index (χ2n) is 6.12. The number of rotatable bonds is 4. The normalized spacial score (nSPS) is 15.8. The Labute approximate surface area is 156 Å². The lowest BCUT2D eigenvalue weighted by molar-refractivity contribution is -0.125. The van der Waals surface area contributed by atoms with Crippen molar-refractivity contribution in [2.45, 2.75) is 33.3 Å². The molecule has 2 heterocycles. The number of carbonyl (C=O) groups is 2. The third-order valence-electron chi connectivity index (χ3n) is 4.39. The van der Waals surface area contributed by atoms with E-state index in [2.05, 4.69) is 11.4 Å². The van der Waals surface area contributed by atoms with Crippen LogP contribution in [0.15, 0.2) is 24.3 Å². The van der Waals surface area contributed by atoms with Gasteiger partial charge in [-0.25, -0.2) is 0 Å². The lowest BCUT2D eigenvalue weighted by Gasteiger charge is -2.32. The summed E-state index contributed by atoms with van der Waals surface area (Å²) >= 11 is 1.39. The number of fused-ring (bicyclic) bond motifs is 1. The van der Waals surface area contributed by atoms with Crippen molar-refractivity contribution in [1.82, 2.24) is 0 Å². The topological polar surface area (TPSA) is 82.4 Å². The zero-order valence-electron chi connectivity index (χ0n) is 14.8. The Kier molecular flexibility index (Phi) is 4.96. The smallest absolute Gasteiger partial charge is 0.267 e. The van der Waals surface area contributed by atoms with Crippen molar-refractivity contribution >= 4 is 33.8 Å². The third kappa shape index (κ3) is 3.28. The van der Waals surface area contributed by atoms with Crippen LogP contribution in [0.25, 0.3) is 0 Å². The molecule has 1 aliphatic rings. The minimum Gasteiger partial charge on any atom is -0.479 e. The number of amides is 2. The number of para-hydroxylation sites is 2. The van der Waals surface area contributed by atoms with Gasteiger partial charge in [-0.15, -0.1) is 11.3 Å².